The van der Waals surface area contributed by atoms with Crippen molar-refractivity contribution in [1.29, 1.82) is 0 Å². The van der Waals surface area contributed by atoms with Crippen LogP contribution in [-0.2, 0) is 0 Å². The number of benzene rings is 2. The number of nitrogens with zero attached hydrogens (tertiary/aromatic N) is 3. The summed E-state index contributed by atoms with van der Waals surface area (Å²) in [6.07, 6.45) is 7.44. The van der Waals surface area contributed by atoms with E-state index in [0.29, 0.717) is 24.5 Å². The van der Waals surface area contributed by atoms with Gasteiger partial charge in [-0.15, -0.1) is 6.42 Å². The van der Waals surface area contributed by atoms with Crippen molar-refractivity contribution >= 4 is 17.1 Å². The molecule has 0 spiro atoms. The Hall–Kier alpha value is -3.76. The normalized spacial score (nSPS) is 9.61. The van der Waals surface area contributed by atoms with Crippen LogP contribution in [-0.4, -0.2) is 26.2 Å². The molecule has 4 N–H and O–H groups in total. The van der Waals surface area contributed by atoms with Gasteiger partial charge >= 0.3 is 0 Å². The molecule has 0 aliphatic heterocycles. The Morgan fingerprint density at radius 1 is 0.821 bits per heavy atom. The van der Waals surface area contributed by atoms with E-state index < -0.39 is 0 Å². The average Bonchev–Trinajstić information content (AvgIpc) is 2.73. The third kappa shape index (κ3) is 6.86. The number of ether oxygens (including phenoxy) is 1. The molecule has 0 aliphatic rings. The van der Waals surface area contributed by atoms with Crippen molar-refractivity contribution in [1.82, 2.24) is 0 Å². The van der Waals surface area contributed by atoms with Crippen LogP contribution in [0.4, 0.5) is 17.1 Å². The van der Waals surface area contributed by atoms with Gasteiger partial charge in [-0.3, -0.25) is 0 Å². The zero-order valence-electron chi connectivity index (χ0n) is 15.4. The van der Waals surface area contributed by atoms with E-state index in [9.17, 15) is 0 Å². The molecule has 6 heteroatoms. The molecule has 0 atom stereocenters. The fraction of sp³-hybridized carbons (Fsp3) is 0.182. The van der Waals surface area contributed by atoms with E-state index in [2.05, 4.69) is 44.9 Å². The maximum absolute atomic E-state index is 5.65. The molecule has 28 heavy (non-hydrogen) atoms. The highest BCUT2D eigenvalue weighted by Gasteiger charge is 2.04. The topological polar surface area (TPSA) is 89.2 Å². The van der Waals surface area contributed by atoms with Gasteiger partial charge in [0.15, 0.2) is 0 Å². The first-order chi connectivity index (χ1) is 13.8. The van der Waals surface area contributed by atoms with Crippen LogP contribution in [0.1, 0.15) is 0 Å². The Bertz CT molecular complexity index is 929. The molecule has 0 saturated heterocycles. The zero-order valence-corrected chi connectivity index (χ0v) is 15.4. The highest BCUT2D eigenvalue weighted by atomic mass is 16.5. The summed E-state index contributed by atoms with van der Waals surface area (Å²) >= 11 is 0. The van der Waals surface area contributed by atoms with Crippen LogP contribution >= 0.6 is 0 Å². The molecular formula is C22H21N5O. The highest BCUT2D eigenvalue weighted by Crippen LogP contribution is 2.23. The second-order valence-electron chi connectivity index (χ2n) is 5.50. The minimum Gasteiger partial charge on any atom is -0.407 e. The largest absolute Gasteiger partial charge is 0.407 e. The molecule has 0 saturated carbocycles. The van der Waals surface area contributed by atoms with Crippen LogP contribution in [0.2, 0.25) is 0 Å². The third-order valence-corrected chi connectivity index (χ3v) is 3.55. The number of rotatable bonds is 8. The minimum absolute atomic E-state index is 0.574. The second kappa shape index (κ2) is 11.8. The number of azo groups is 1. The summed E-state index contributed by atoms with van der Waals surface area (Å²) in [7, 11) is 0. The van der Waals surface area contributed by atoms with Crippen LogP contribution in [0, 0.1) is 36.2 Å². The third-order valence-electron chi connectivity index (χ3n) is 3.55. The first kappa shape index (κ1) is 20.6. The molecule has 0 aliphatic carbocycles. The first-order valence-electron chi connectivity index (χ1n) is 8.66. The molecule has 2 aromatic rings. The summed E-state index contributed by atoms with van der Waals surface area (Å²) in [6, 6.07) is 14.8. The van der Waals surface area contributed by atoms with E-state index >= 15 is 0 Å². The number of hydrogen-bond acceptors (Lipinski definition) is 6. The van der Waals surface area contributed by atoms with E-state index in [0.717, 1.165) is 24.5 Å². The summed E-state index contributed by atoms with van der Waals surface area (Å²) in [5.41, 5.74) is 13.8. The number of nitrogens with two attached hydrogens (primary N) is 2. The number of anilines is 1. The molecule has 0 fully saturated rings. The van der Waals surface area contributed by atoms with Crippen LogP contribution in [0.15, 0.2) is 58.8 Å². The average molecular weight is 371 g/mol. The molecule has 0 radical (unpaired) electrons. The Morgan fingerprint density at radius 2 is 1.39 bits per heavy atom. The number of terminal acetylenes is 1. The molecule has 0 heterocycles. The van der Waals surface area contributed by atoms with E-state index in [1.54, 1.807) is 24.3 Å². The maximum atomic E-state index is 5.65. The zero-order chi connectivity index (χ0) is 20.0. The summed E-state index contributed by atoms with van der Waals surface area (Å²) in [5.74, 6) is 10.1. The molecule has 0 unspecified atom stereocenters. The van der Waals surface area contributed by atoms with E-state index in [1.807, 2.05) is 24.3 Å². The van der Waals surface area contributed by atoms with Crippen molar-refractivity contribution in [3.8, 4) is 42.0 Å². The van der Waals surface area contributed by atoms with Gasteiger partial charge in [-0.25, -0.2) is 0 Å². The Morgan fingerprint density at radius 3 is 1.93 bits per heavy atom. The van der Waals surface area contributed by atoms with Crippen molar-refractivity contribution in [3.63, 3.8) is 0 Å². The van der Waals surface area contributed by atoms with Crippen LogP contribution in [0.3, 0.4) is 0 Å². The predicted molar refractivity (Wildman–Crippen MR) is 112 cm³/mol. The fourth-order valence-electron chi connectivity index (χ4n) is 2.29. The number of hydrogen-bond donors (Lipinski definition) is 2. The highest BCUT2D eigenvalue weighted by molar-refractivity contribution is 5.53. The van der Waals surface area contributed by atoms with Crippen molar-refractivity contribution in [2.45, 2.75) is 0 Å². The van der Waals surface area contributed by atoms with Crippen LogP contribution in [0.5, 0.6) is 5.75 Å². The van der Waals surface area contributed by atoms with Crippen molar-refractivity contribution in [2.24, 2.45) is 21.7 Å². The van der Waals surface area contributed by atoms with Gasteiger partial charge in [0.05, 0.1) is 11.4 Å². The minimum atomic E-state index is 0.574. The van der Waals surface area contributed by atoms with Gasteiger partial charge in [0.2, 0.25) is 0 Å². The molecule has 140 valence electrons. The smallest absolute Gasteiger partial charge is 0.140 e. The predicted octanol–water partition coefficient (Wildman–Crippen LogP) is 2.80. The SMILES string of the molecule is C#CC#CC#COc1ccc(N=Nc2ccc(N(CCN)CCN)cc2)cc1. The standard InChI is InChI=1S/C22H21N5O/c1-2-3-4-5-18-28-22-12-8-20(9-13-22)26-25-19-6-10-21(11-7-19)27(16-14-23)17-15-24/h1,6-13H,14-17,23-24H2. The monoisotopic (exact) mass is 371 g/mol. The van der Waals surface area contributed by atoms with Crippen molar-refractivity contribution in [2.75, 3.05) is 31.1 Å². The quantitative estimate of drug-likeness (QED) is 0.552. The molecule has 0 aromatic heterocycles. The fourth-order valence-corrected chi connectivity index (χ4v) is 2.29. The lowest BCUT2D eigenvalue weighted by atomic mass is 10.2. The second-order valence-corrected chi connectivity index (χ2v) is 5.50. The maximum Gasteiger partial charge on any atom is 0.140 e. The van der Waals surface area contributed by atoms with Gasteiger partial charge < -0.3 is 21.1 Å². The molecular weight excluding hydrogens is 350 g/mol. The van der Waals surface area contributed by atoms with Gasteiger partial charge in [0.1, 0.15) is 11.9 Å². The van der Waals surface area contributed by atoms with Crippen LogP contribution in [0.25, 0.3) is 0 Å². The van der Waals surface area contributed by atoms with Crippen molar-refractivity contribution < 1.29 is 4.74 Å². The lowest BCUT2D eigenvalue weighted by molar-refractivity contribution is 0.520. The van der Waals surface area contributed by atoms with Gasteiger partial charge in [-0.1, -0.05) is 0 Å². The van der Waals surface area contributed by atoms with E-state index in [-0.39, 0.29) is 0 Å². The lowest BCUT2D eigenvalue weighted by Crippen LogP contribution is -2.33. The van der Waals surface area contributed by atoms with Gasteiger partial charge in [0.25, 0.3) is 0 Å². The Balaban J connectivity index is 1.97. The Kier molecular flexibility index (Phi) is 8.64. The molecule has 2 rings (SSSR count). The van der Waals surface area contributed by atoms with Crippen molar-refractivity contribution in [3.05, 3.63) is 48.5 Å². The van der Waals surface area contributed by atoms with E-state index in [4.69, 9.17) is 22.6 Å². The summed E-state index contributed by atoms with van der Waals surface area (Å²) in [6.45, 7) is 2.66. The molecule has 2 aromatic carbocycles. The molecule has 0 bridgehead atoms. The van der Waals surface area contributed by atoms with Crippen LogP contribution < -0.4 is 21.1 Å². The summed E-state index contributed by atoms with van der Waals surface area (Å²) < 4.78 is 5.22. The molecule has 6 nitrogen and oxygen atoms in total. The van der Waals surface area contributed by atoms with Gasteiger partial charge in [-0.05, 0) is 60.4 Å². The lowest BCUT2D eigenvalue weighted by Gasteiger charge is -2.23. The summed E-state index contributed by atoms with van der Waals surface area (Å²) in [4.78, 5) is 2.14. The van der Waals surface area contributed by atoms with E-state index in [1.165, 1.54) is 0 Å². The Labute approximate surface area is 165 Å². The molecule has 0 amide bonds. The summed E-state index contributed by atoms with van der Waals surface area (Å²) in [5, 5.41) is 8.47. The first-order valence-corrected chi connectivity index (χ1v) is 8.66. The van der Waals surface area contributed by atoms with Gasteiger partial charge in [-0.2, -0.15) is 10.2 Å². The van der Waals surface area contributed by atoms with Gasteiger partial charge in [0, 0.05) is 43.7 Å².